The lowest BCUT2D eigenvalue weighted by molar-refractivity contribution is -0.384. The van der Waals surface area contributed by atoms with Crippen molar-refractivity contribution in [3.8, 4) is 0 Å². The van der Waals surface area contributed by atoms with Crippen LogP contribution >= 0.6 is 15.9 Å². The van der Waals surface area contributed by atoms with Crippen LogP contribution in [-0.2, 0) is 4.74 Å². The van der Waals surface area contributed by atoms with Crippen molar-refractivity contribution in [3.05, 3.63) is 38.3 Å². The molecule has 0 N–H and O–H groups in total. The second-order valence-corrected chi connectivity index (χ2v) is 8.05. The van der Waals surface area contributed by atoms with Crippen LogP contribution in [0, 0.1) is 10.1 Å². The second-order valence-electron chi connectivity index (χ2n) is 7.20. The van der Waals surface area contributed by atoms with Crippen LogP contribution in [0.3, 0.4) is 0 Å². The van der Waals surface area contributed by atoms with E-state index in [2.05, 4.69) is 15.9 Å². The van der Waals surface area contributed by atoms with Gasteiger partial charge in [0.25, 0.3) is 11.6 Å². The second kappa shape index (κ2) is 7.61. The zero-order valence-corrected chi connectivity index (χ0v) is 16.8. The van der Waals surface area contributed by atoms with E-state index in [1.165, 1.54) is 18.2 Å². The Morgan fingerprint density at radius 1 is 1.31 bits per heavy atom. The quantitative estimate of drug-likeness (QED) is 0.532. The molecule has 1 aliphatic rings. The topological polar surface area (TPSA) is 93.0 Å². The lowest BCUT2D eigenvalue weighted by atomic mass is 10.1. The van der Waals surface area contributed by atoms with Gasteiger partial charge in [-0.3, -0.25) is 14.9 Å². The molecule has 1 atom stereocenters. The van der Waals surface area contributed by atoms with Crippen molar-refractivity contribution >= 4 is 33.6 Å². The number of halogens is 1. The molecule has 1 aromatic rings. The van der Waals surface area contributed by atoms with Gasteiger partial charge in [-0.1, -0.05) is 0 Å². The average Bonchev–Trinajstić information content (AvgIpc) is 2.52. The third kappa shape index (κ3) is 4.72. The molecule has 0 spiro atoms. The largest absolute Gasteiger partial charge is 0.444 e. The van der Waals surface area contributed by atoms with E-state index in [1.807, 2.05) is 6.92 Å². The summed E-state index contributed by atoms with van der Waals surface area (Å²) in [4.78, 5) is 38.6. The monoisotopic (exact) mass is 427 g/mol. The summed E-state index contributed by atoms with van der Waals surface area (Å²) in [7, 11) is 0. The maximum atomic E-state index is 12.8. The van der Waals surface area contributed by atoms with E-state index < -0.39 is 16.6 Å². The van der Waals surface area contributed by atoms with Crippen molar-refractivity contribution in [2.45, 2.75) is 39.3 Å². The number of non-ortho nitro benzene ring substituents is 1. The van der Waals surface area contributed by atoms with Gasteiger partial charge in [-0.25, -0.2) is 4.79 Å². The predicted octanol–water partition coefficient (Wildman–Crippen LogP) is 3.44. The van der Waals surface area contributed by atoms with Crippen LogP contribution < -0.4 is 0 Å². The van der Waals surface area contributed by atoms with Gasteiger partial charge in [0, 0.05) is 42.3 Å². The van der Waals surface area contributed by atoms with E-state index in [9.17, 15) is 19.7 Å². The van der Waals surface area contributed by atoms with Crippen LogP contribution in [0.2, 0.25) is 0 Å². The average molecular weight is 428 g/mol. The summed E-state index contributed by atoms with van der Waals surface area (Å²) in [6.45, 7) is 8.37. The van der Waals surface area contributed by atoms with Crippen LogP contribution in [0.1, 0.15) is 38.1 Å². The summed E-state index contributed by atoms with van der Waals surface area (Å²) in [5, 5.41) is 10.8. The van der Waals surface area contributed by atoms with Crippen LogP contribution in [0.5, 0.6) is 0 Å². The fourth-order valence-electron chi connectivity index (χ4n) is 2.70. The molecule has 1 aliphatic heterocycles. The van der Waals surface area contributed by atoms with Crippen molar-refractivity contribution in [2.24, 2.45) is 0 Å². The first-order chi connectivity index (χ1) is 12.0. The van der Waals surface area contributed by atoms with E-state index in [0.29, 0.717) is 29.7 Å². The summed E-state index contributed by atoms with van der Waals surface area (Å²) in [6.07, 6.45) is -0.395. The molecule has 26 heavy (non-hydrogen) atoms. The van der Waals surface area contributed by atoms with Crippen molar-refractivity contribution in [3.63, 3.8) is 0 Å². The number of hydrogen-bond donors (Lipinski definition) is 0. The SMILES string of the molecule is C[C@H]1CN(C(=O)OC(C)(C)C)CCN1C(=O)c1ccc([N+](=O)[O-])cc1Br. The van der Waals surface area contributed by atoms with E-state index in [1.54, 1.807) is 30.6 Å². The third-order valence-corrected chi connectivity index (χ3v) is 4.59. The standard InChI is InChI=1S/C17H22BrN3O5/c1-11-10-19(16(23)26-17(2,3)4)7-8-20(11)15(22)13-6-5-12(21(24)25)9-14(13)18/h5-6,9,11H,7-8,10H2,1-4H3/t11-/m0/s1. The smallest absolute Gasteiger partial charge is 0.410 e. The molecular weight excluding hydrogens is 406 g/mol. The number of rotatable bonds is 2. The van der Waals surface area contributed by atoms with Gasteiger partial charge in [-0.15, -0.1) is 0 Å². The molecule has 0 bridgehead atoms. The first kappa shape index (κ1) is 20.2. The van der Waals surface area contributed by atoms with E-state index >= 15 is 0 Å². The van der Waals surface area contributed by atoms with Gasteiger partial charge in [0.2, 0.25) is 0 Å². The highest BCUT2D eigenvalue weighted by Crippen LogP contribution is 2.26. The molecule has 0 aromatic heterocycles. The first-order valence-electron chi connectivity index (χ1n) is 8.22. The number of carbonyl (C=O) groups excluding carboxylic acids is 2. The Hall–Kier alpha value is -2.16. The Kier molecular flexibility index (Phi) is 5.90. The van der Waals surface area contributed by atoms with Crippen molar-refractivity contribution < 1.29 is 19.2 Å². The number of nitrogens with zero attached hydrogens (tertiary/aromatic N) is 3. The fraction of sp³-hybridized carbons (Fsp3) is 0.529. The molecule has 1 saturated heterocycles. The summed E-state index contributed by atoms with van der Waals surface area (Å²) >= 11 is 3.23. The van der Waals surface area contributed by atoms with Gasteiger partial charge in [-0.05, 0) is 49.7 Å². The van der Waals surface area contributed by atoms with Gasteiger partial charge >= 0.3 is 6.09 Å². The number of amides is 2. The summed E-state index contributed by atoms with van der Waals surface area (Å²) in [5.41, 5.74) is -0.305. The lowest BCUT2D eigenvalue weighted by Gasteiger charge is -2.40. The van der Waals surface area contributed by atoms with E-state index in [-0.39, 0.29) is 17.6 Å². The predicted molar refractivity (Wildman–Crippen MR) is 99.1 cm³/mol. The Balaban J connectivity index is 2.08. The molecule has 1 heterocycles. The van der Waals surface area contributed by atoms with Crippen molar-refractivity contribution in [1.82, 2.24) is 9.80 Å². The molecule has 1 aromatic carbocycles. The fourth-order valence-corrected chi connectivity index (χ4v) is 3.23. The number of piperazine rings is 1. The zero-order chi connectivity index (χ0) is 19.6. The minimum absolute atomic E-state index is 0.0868. The Morgan fingerprint density at radius 3 is 2.46 bits per heavy atom. The number of nitro groups is 1. The highest BCUT2D eigenvalue weighted by atomic mass is 79.9. The minimum Gasteiger partial charge on any atom is -0.444 e. The molecule has 142 valence electrons. The molecule has 0 unspecified atom stereocenters. The Labute approximate surface area is 160 Å². The number of nitro benzene ring substituents is 1. The molecule has 9 heteroatoms. The van der Waals surface area contributed by atoms with Gasteiger partial charge in [0.15, 0.2) is 0 Å². The van der Waals surface area contributed by atoms with Gasteiger partial charge in [0.1, 0.15) is 5.60 Å². The molecule has 0 radical (unpaired) electrons. The zero-order valence-electron chi connectivity index (χ0n) is 15.2. The van der Waals surface area contributed by atoms with Crippen LogP contribution in [-0.4, -0.2) is 58.0 Å². The van der Waals surface area contributed by atoms with E-state index in [4.69, 9.17) is 4.74 Å². The van der Waals surface area contributed by atoms with Crippen LogP contribution in [0.4, 0.5) is 10.5 Å². The molecule has 0 saturated carbocycles. The Bertz CT molecular complexity index is 732. The van der Waals surface area contributed by atoms with Crippen LogP contribution in [0.25, 0.3) is 0 Å². The third-order valence-electron chi connectivity index (χ3n) is 3.93. The summed E-state index contributed by atoms with van der Waals surface area (Å²) in [5.74, 6) is -0.233. The normalized spacial score (nSPS) is 17.8. The minimum atomic E-state index is -0.573. The molecular formula is C17H22BrN3O5. The van der Waals surface area contributed by atoms with Crippen LogP contribution in [0.15, 0.2) is 22.7 Å². The lowest BCUT2D eigenvalue weighted by Crippen LogP contribution is -2.56. The maximum absolute atomic E-state index is 12.8. The van der Waals surface area contributed by atoms with E-state index in [0.717, 1.165) is 0 Å². The highest BCUT2D eigenvalue weighted by Gasteiger charge is 2.33. The molecule has 8 nitrogen and oxygen atoms in total. The van der Waals surface area contributed by atoms with Gasteiger partial charge in [-0.2, -0.15) is 0 Å². The van der Waals surface area contributed by atoms with Crippen molar-refractivity contribution in [2.75, 3.05) is 19.6 Å². The number of ether oxygens (including phenoxy) is 1. The molecule has 1 fully saturated rings. The van der Waals surface area contributed by atoms with Gasteiger partial charge < -0.3 is 14.5 Å². The summed E-state index contributed by atoms with van der Waals surface area (Å²) < 4.78 is 5.75. The first-order valence-corrected chi connectivity index (χ1v) is 9.01. The number of hydrogen-bond acceptors (Lipinski definition) is 5. The molecule has 0 aliphatic carbocycles. The molecule has 2 rings (SSSR count). The maximum Gasteiger partial charge on any atom is 0.410 e. The number of benzene rings is 1. The Morgan fingerprint density at radius 2 is 1.96 bits per heavy atom. The van der Waals surface area contributed by atoms with Gasteiger partial charge in [0.05, 0.1) is 10.5 Å². The van der Waals surface area contributed by atoms with Crippen molar-refractivity contribution in [1.29, 1.82) is 0 Å². The summed E-state index contributed by atoms with van der Waals surface area (Å²) in [6, 6.07) is 3.86. The number of carbonyl (C=O) groups is 2. The highest BCUT2D eigenvalue weighted by molar-refractivity contribution is 9.10. The molecule has 2 amide bonds.